The Bertz CT molecular complexity index is 6770. The molecule has 21 aromatic rings. The second-order valence-corrected chi connectivity index (χ2v) is 29.1. The molecule has 520 valence electrons. The minimum Gasteiger partial charge on any atom is -0.0622 e. The maximum atomic E-state index is 2.33. The Hall–Kier alpha value is -13.8. The molecule has 0 nitrogen and oxygen atoms in total. The van der Waals surface area contributed by atoms with Crippen LogP contribution in [0.25, 0.3) is 186 Å². The Morgan fingerprint density at radius 3 is 0.691 bits per heavy atom. The van der Waals surface area contributed by atoms with Crippen molar-refractivity contribution in [1.29, 1.82) is 0 Å². The second kappa shape index (κ2) is 29.9. The minimum atomic E-state index is 1.26. The van der Waals surface area contributed by atoms with Crippen molar-refractivity contribution in [3.05, 3.63) is 435 Å². The first-order valence-electron chi connectivity index (χ1n) is 38.3. The maximum absolute atomic E-state index is 2.33. The van der Waals surface area contributed by atoms with Gasteiger partial charge < -0.3 is 0 Å². The Morgan fingerprint density at radius 2 is 0.345 bits per heavy atom. The number of hydrogen-bond donors (Lipinski definition) is 0. The quantitative estimate of drug-likeness (QED) is 0.140. The van der Waals surface area contributed by atoms with Crippen molar-refractivity contribution >= 4 is 108 Å². The van der Waals surface area contributed by atoms with Crippen LogP contribution in [0.2, 0.25) is 0 Å². The smallest absolute Gasteiger partial charge is 0.00201 e. The molecule has 0 aliphatic carbocycles. The molecule has 0 aliphatic rings. The average molecular weight is 1400 g/mol. The molecule has 0 fully saturated rings. The van der Waals surface area contributed by atoms with Gasteiger partial charge in [-0.1, -0.05) is 423 Å². The lowest BCUT2D eigenvalue weighted by molar-refractivity contribution is 1.47. The van der Waals surface area contributed by atoms with Gasteiger partial charge in [0.15, 0.2) is 0 Å². The third-order valence-corrected chi connectivity index (χ3v) is 22.1. The molecule has 0 heterocycles. The lowest BCUT2D eigenvalue weighted by Gasteiger charge is -2.18. The van der Waals surface area contributed by atoms with Crippen LogP contribution in [0, 0.1) is 27.7 Å². The summed E-state index contributed by atoms with van der Waals surface area (Å²) in [6, 6.07) is 150. The van der Waals surface area contributed by atoms with Gasteiger partial charge in [0, 0.05) is 0 Å². The summed E-state index contributed by atoms with van der Waals surface area (Å²) in [6.07, 6.45) is 0. The van der Waals surface area contributed by atoms with Crippen molar-refractivity contribution in [1.82, 2.24) is 0 Å². The Balaban J connectivity index is 0.000000104. The minimum absolute atomic E-state index is 1.26. The van der Waals surface area contributed by atoms with E-state index in [0.29, 0.717) is 0 Å². The van der Waals surface area contributed by atoms with E-state index >= 15 is 0 Å². The SMILES string of the molecule is Cc1ccc(-c2c3ccccc3c(-c3ccc4ccccc4c3)c3ccccc23)cc1.Cc1ccc(-c2c3ccccc3c(-c3cccc4ccccc34)c3ccccc23)cc1.Cc1ccc(-c2c3ccccc3c(-c3ccccc3)c3ccccc23)cc1.Cc1ccc(-c2c3ccccc3cc3ccccc23)cc1. The van der Waals surface area contributed by atoms with Gasteiger partial charge in [0.1, 0.15) is 0 Å². The van der Waals surface area contributed by atoms with Crippen LogP contribution in [0.5, 0.6) is 0 Å². The zero-order chi connectivity index (χ0) is 74.0. The van der Waals surface area contributed by atoms with Crippen LogP contribution in [0.3, 0.4) is 0 Å². The Morgan fingerprint density at radius 1 is 0.118 bits per heavy atom. The summed E-state index contributed by atoms with van der Waals surface area (Å²) in [7, 11) is 0. The lowest BCUT2D eigenvalue weighted by Crippen LogP contribution is -1.91. The maximum Gasteiger partial charge on any atom is -0.00201 e. The van der Waals surface area contributed by atoms with E-state index in [9.17, 15) is 0 Å². The highest BCUT2D eigenvalue weighted by Crippen LogP contribution is 2.49. The summed E-state index contributed by atoms with van der Waals surface area (Å²) in [6.45, 7) is 8.55. The molecule has 0 N–H and O–H groups in total. The van der Waals surface area contributed by atoms with E-state index in [1.54, 1.807) is 0 Å². The molecule has 0 unspecified atom stereocenters. The number of rotatable bonds is 7. The topological polar surface area (TPSA) is 0 Å². The standard InChI is InChI=1S/2C31H22.C27H20.C21H16/c1-21-17-19-23(20-18-21)30-26-12-4-6-14-28(26)31(29-15-7-5-13-27(29)30)25-16-8-10-22-9-2-3-11-24(22)25;1-21-14-16-23(17-15-21)30-26-10-4-6-12-28(26)31(29-13-7-5-11-27(29)30)25-19-18-22-8-2-3-9-24(22)20-25;1-19-15-17-21(18-16-19)27-24-13-7-5-11-22(24)26(20-9-3-2-4-10-20)23-12-6-8-14-25(23)27;1-15-10-12-16(13-11-15)21-19-8-4-2-6-17(19)14-18-7-3-5-9-20(18)21/h2*2-20H,1H3;2-18H,1H3;2-14H,1H3. The van der Waals surface area contributed by atoms with Crippen molar-refractivity contribution in [3.63, 3.8) is 0 Å². The fourth-order valence-corrected chi connectivity index (χ4v) is 16.8. The van der Waals surface area contributed by atoms with E-state index < -0.39 is 0 Å². The highest BCUT2D eigenvalue weighted by atomic mass is 14.2. The Labute approximate surface area is 643 Å². The van der Waals surface area contributed by atoms with E-state index in [1.807, 2.05) is 0 Å². The van der Waals surface area contributed by atoms with Crippen LogP contribution in [0.1, 0.15) is 22.3 Å². The summed E-state index contributed by atoms with van der Waals surface area (Å²) >= 11 is 0. The molecule has 0 spiro atoms. The second-order valence-electron chi connectivity index (χ2n) is 29.1. The predicted molar refractivity (Wildman–Crippen MR) is 478 cm³/mol. The predicted octanol–water partition coefficient (Wildman–Crippen LogP) is 31.2. The molecule has 0 saturated heterocycles. The molecule has 0 saturated carbocycles. The fraction of sp³-hybridized carbons (Fsp3) is 0.0364. The third-order valence-electron chi connectivity index (χ3n) is 22.1. The molecule has 0 radical (unpaired) electrons. The van der Waals surface area contributed by atoms with Gasteiger partial charge in [-0.15, -0.1) is 0 Å². The summed E-state index contributed by atoms with van der Waals surface area (Å²) in [5.74, 6) is 0. The molecule has 0 amide bonds. The number of hydrogen-bond acceptors (Lipinski definition) is 0. The molecule has 0 aliphatic heterocycles. The van der Waals surface area contributed by atoms with Gasteiger partial charge in [0.2, 0.25) is 0 Å². The van der Waals surface area contributed by atoms with E-state index in [0.717, 1.165) is 0 Å². The van der Waals surface area contributed by atoms with Crippen molar-refractivity contribution in [3.8, 4) is 77.9 Å². The van der Waals surface area contributed by atoms with Gasteiger partial charge in [-0.05, 0) is 225 Å². The number of benzene rings is 21. The normalized spacial score (nSPS) is 11.3. The first-order chi connectivity index (χ1) is 54.3. The van der Waals surface area contributed by atoms with Crippen molar-refractivity contribution < 1.29 is 0 Å². The van der Waals surface area contributed by atoms with Crippen LogP contribution >= 0.6 is 0 Å². The first kappa shape index (κ1) is 68.1. The van der Waals surface area contributed by atoms with Crippen LogP contribution in [-0.4, -0.2) is 0 Å². The number of aryl methyl sites for hydroxylation is 4. The summed E-state index contributed by atoms with van der Waals surface area (Å²) in [4.78, 5) is 0. The van der Waals surface area contributed by atoms with Gasteiger partial charge in [0.25, 0.3) is 0 Å². The molecular weight excluding hydrogens is 1320 g/mol. The van der Waals surface area contributed by atoms with Gasteiger partial charge in [-0.2, -0.15) is 0 Å². The zero-order valence-electron chi connectivity index (χ0n) is 62.3. The van der Waals surface area contributed by atoms with Crippen molar-refractivity contribution in [2.24, 2.45) is 0 Å². The first-order valence-corrected chi connectivity index (χ1v) is 38.3. The van der Waals surface area contributed by atoms with E-state index in [4.69, 9.17) is 0 Å². The van der Waals surface area contributed by atoms with E-state index in [-0.39, 0.29) is 0 Å². The van der Waals surface area contributed by atoms with E-state index in [1.165, 1.54) is 208 Å². The molecule has 0 aromatic heterocycles. The van der Waals surface area contributed by atoms with Gasteiger partial charge >= 0.3 is 0 Å². The van der Waals surface area contributed by atoms with Crippen LogP contribution in [-0.2, 0) is 0 Å². The molecule has 21 aromatic carbocycles. The fourth-order valence-electron chi connectivity index (χ4n) is 16.8. The van der Waals surface area contributed by atoms with Gasteiger partial charge in [-0.25, -0.2) is 0 Å². The summed E-state index contributed by atoms with van der Waals surface area (Å²) in [5.41, 5.74) is 23.3. The van der Waals surface area contributed by atoms with Crippen molar-refractivity contribution in [2.75, 3.05) is 0 Å². The Kier molecular flexibility index (Phi) is 18.5. The van der Waals surface area contributed by atoms with Crippen molar-refractivity contribution in [2.45, 2.75) is 27.7 Å². The van der Waals surface area contributed by atoms with Gasteiger partial charge in [0.05, 0.1) is 0 Å². The highest BCUT2D eigenvalue weighted by molar-refractivity contribution is 6.25. The zero-order valence-corrected chi connectivity index (χ0v) is 62.3. The third kappa shape index (κ3) is 13.0. The molecular formula is C110H80. The number of fused-ring (bicyclic) bond motifs is 10. The summed E-state index contributed by atoms with van der Waals surface area (Å²) in [5, 5.41) is 26.0. The molecule has 0 atom stereocenters. The average Bonchev–Trinajstić information content (AvgIpc) is 0.610. The molecule has 0 bridgehead atoms. The van der Waals surface area contributed by atoms with Crippen LogP contribution < -0.4 is 0 Å². The molecule has 0 heteroatoms. The van der Waals surface area contributed by atoms with Crippen LogP contribution in [0.4, 0.5) is 0 Å². The summed E-state index contributed by atoms with van der Waals surface area (Å²) < 4.78 is 0. The highest BCUT2D eigenvalue weighted by Gasteiger charge is 2.21. The van der Waals surface area contributed by atoms with Crippen LogP contribution in [0.15, 0.2) is 413 Å². The molecule has 21 rings (SSSR count). The molecule has 110 heavy (non-hydrogen) atoms. The lowest BCUT2D eigenvalue weighted by atomic mass is 9.84. The monoisotopic (exact) mass is 1400 g/mol. The largest absolute Gasteiger partial charge is 0.0622 e. The van der Waals surface area contributed by atoms with Gasteiger partial charge in [-0.3, -0.25) is 0 Å². The van der Waals surface area contributed by atoms with E-state index in [2.05, 4.69) is 440 Å².